The van der Waals surface area contributed by atoms with Gasteiger partial charge in [-0.15, -0.1) is 0 Å². The molecule has 1 saturated carbocycles. The Morgan fingerprint density at radius 2 is 2.03 bits per heavy atom. The fourth-order valence-corrected chi connectivity index (χ4v) is 7.53. The normalized spacial score (nSPS) is 20.7. The number of carbonyl (C=O) groups is 2. The standard InChI is InChI=1S/C27H32N6O4S/c1-17-13-21(37-31-17)26(2,3)38(36)27(10-11-27)16-33-12-9-20-22(30-32(4)23(20)25(33)35)24(34)29-15-19-7-5-18(14-28)6-8-19/h5-8,21H,9-13,15-16H2,1-4H3,(H,29,34). The van der Waals surface area contributed by atoms with E-state index in [1.165, 1.54) is 4.68 Å². The van der Waals surface area contributed by atoms with Gasteiger partial charge < -0.3 is 15.1 Å². The van der Waals surface area contributed by atoms with Crippen LogP contribution in [-0.2, 0) is 35.7 Å². The number of fused-ring (bicyclic) bond motifs is 1. The van der Waals surface area contributed by atoms with Gasteiger partial charge in [-0.25, -0.2) is 0 Å². The summed E-state index contributed by atoms with van der Waals surface area (Å²) in [5.74, 6) is -0.534. The number of oxime groups is 1. The van der Waals surface area contributed by atoms with Gasteiger partial charge >= 0.3 is 0 Å². The highest BCUT2D eigenvalue weighted by Gasteiger charge is 2.57. The van der Waals surface area contributed by atoms with Crippen LogP contribution in [0.1, 0.15) is 77.7 Å². The molecule has 0 radical (unpaired) electrons. The maximum atomic E-state index is 13.8. The number of aryl methyl sites for hydroxylation is 1. The van der Waals surface area contributed by atoms with Gasteiger partial charge in [0.1, 0.15) is 11.8 Å². The molecule has 2 atom stereocenters. The molecule has 2 aromatic rings. The van der Waals surface area contributed by atoms with Crippen molar-refractivity contribution < 1.29 is 18.6 Å². The van der Waals surface area contributed by atoms with Crippen LogP contribution in [0.3, 0.4) is 0 Å². The molecule has 2 aliphatic heterocycles. The zero-order chi connectivity index (χ0) is 27.2. The Bertz CT molecular complexity index is 1380. The molecule has 0 spiro atoms. The lowest BCUT2D eigenvalue weighted by Crippen LogP contribution is -2.51. The maximum Gasteiger partial charge on any atom is 0.272 e. The number of benzene rings is 1. The van der Waals surface area contributed by atoms with Crippen molar-refractivity contribution in [1.29, 1.82) is 5.26 Å². The van der Waals surface area contributed by atoms with E-state index in [0.29, 0.717) is 42.8 Å². The topological polar surface area (TPSA) is 130 Å². The van der Waals surface area contributed by atoms with Crippen LogP contribution in [0.4, 0.5) is 0 Å². The van der Waals surface area contributed by atoms with Crippen molar-refractivity contribution in [3.05, 3.63) is 52.3 Å². The molecule has 1 aliphatic carbocycles. The van der Waals surface area contributed by atoms with Crippen LogP contribution in [0.2, 0.25) is 0 Å². The van der Waals surface area contributed by atoms with Gasteiger partial charge in [0.25, 0.3) is 11.8 Å². The third-order valence-corrected chi connectivity index (χ3v) is 10.3. The third kappa shape index (κ3) is 4.62. The van der Waals surface area contributed by atoms with Crippen LogP contribution in [-0.4, -0.2) is 65.1 Å². The fraction of sp³-hybridized carbons (Fsp3) is 0.519. The highest BCUT2D eigenvalue weighted by molar-refractivity contribution is 7.88. The molecule has 5 rings (SSSR count). The first-order valence-electron chi connectivity index (χ1n) is 12.8. The molecule has 2 amide bonds. The molecular formula is C27H32N6O4S. The summed E-state index contributed by atoms with van der Waals surface area (Å²) in [5, 5.41) is 20.3. The Morgan fingerprint density at radius 3 is 2.63 bits per heavy atom. The first-order valence-corrected chi connectivity index (χ1v) is 13.9. The molecule has 1 aromatic heterocycles. The van der Waals surface area contributed by atoms with E-state index in [-0.39, 0.29) is 30.2 Å². The van der Waals surface area contributed by atoms with Gasteiger partial charge in [0.15, 0.2) is 5.69 Å². The highest BCUT2D eigenvalue weighted by Crippen LogP contribution is 2.48. The first-order chi connectivity index (χ1) is 18.1. The predicted octanol–water partition coefficient (Wildman–Crippen LogP) is 2.44. The van der Waals surface area contributed by atoms with E-state index in [4.69, 9.17) is 10.1 Å². The monoisotopic (exact) mass is 536 g/mol. The van der Waals surface area contributed by atoms with Crippen molar-refractivity contribution in [3.8, 4) is 6.07 Å². The van der Waals surface area contributed by atoms with Crippen LogP contribution in [0.5, 0.6) is 0 Å². The van der Waals surface area contributed by atoms with Crippen LogP contribution >= 0.6 is 0 Å². The summed E-state index contributed by atoms with van der Waals surface area (Å²) in [5.41, 5.74) is 3.62. The number of carbonyl (C=O) groups excluding carboxylic acids is 2. The molecule has 2 unspecified atom stereocenters. The Balaban J connectivity index is 1.27. The molecule has 1 N–H and O–H groups in total. The zero-order valence-corrected chi connectivity index (χ0v) is 22.9. The minimum absolute atomic E-state index is 0.190. The smallest absolute Gasteiger partial charge is 0.272 e. The molecular weight excluding hydrogens is 504 g/mol. The van der Waals surface area contributed by atoms with E-state index < -0.39 is 20.3 Å². The van der Waals surface area contributed by atoms with Crippen LogP contribution in [0.25, 0.3) is 0 Å². The average Bonchev–Trinajstić information content (AvgIpc) is 3.41. The van der Waals surface area contributed by atoms with Crippen molar-refractivity contribution in [2.24, 2.45) is 12.2 Å². The second-order valence-electron chi connectivity index (χ2n) is 10.9. The number of hydrogen-bond acceptors (Lipinski definition) is 7. The minimum atomic E-state index is -1.24. The Hall–Kier alpha value is -3.52. The lowest BCUT2D eigenvalue weighted by molar-refractivity contribution is 0.0618. The van der Waals surface area contributed by atoms with Gasteiger partial charge in [-0.3, -0.25) is 18.5 Å². The highest BCUT2D eigenvalue weighted by atomic mass is 32.2. The summed E-state index contributed by atoms with van der Waals surface area (Å²) < 4.78 is 14.2. The summed E-state index contributed by atoms with van der Waals surface area (Å²) in [6, 6.07) is 9.06. The fourth-order valence-electron chi connectivity index (χ4n) is 5.30. The Labute approximate surface area is 224 Å². The molecule has 10 nitrogen and oxygen atoms in total. The first kappa shape index (κ1) is 26.1. The van der Waals surface area contributed by atoms with Gasteiger partial charge in [-0.05, 0) is 57.7 Å². The van der Waals surface area contributed by atoms with Crippen LogP contribution < -0.4 is 5.32 Å². The number of rotatable bonds is 8. The maximum absolute atomic E-state index is 13.8. The summed E-state index contributed by atoms with van der Waals surface area (Å²) in [4.78, 5) is 33.9. The molecule has 3 heterocycles. The van der Waals surface area contributed by atoms with Gasteiger partial charge in [0, 0.05) is 49.5 Å². The average molecular weight is 537 g/mol. The van der Waals surface area contributed by atoms with E-state index in [2.05, 4.69) is 21.6 Å². The van der Waals surface area contributed by atoms with Gasteiger partial charge in [0.2, 0.25) is 0 Å². The van der Waals surface area contributed by atoms with Crippen molar-refractivity contribution in [1.82, 2.24) is 20.0 Å². The number of aromatic nitrogens is 2. The third-order valence-electron chi connectivity index (χ3n) is 7.77. The number of amides is 2. The molecule has 3 aliphatic rings. The van der Waals surface area contributed by atoms with E-state index in [0.717, 1.165) is 24.1 Å². The zero-order valence-electron chi connectivity index (χ0n) is 22.1. The van der Waals surface area contributed by atoms with Gasteiger partial charge in [0.05, 0.1) is 26.8 Å². The van der Waals surface area contributed by atoms with Crippen molar-refractivity contribution in [2.75, 3.05) is 13.1 Å². The second-order valence-corrected chi connectivity index (χ2v) is 13.4. The number of nitrogens with zero attached hydrogens (tertiary/aromatic N) is 5. The van der Waals surface area contributed by atoms with Crippen molar-refractivity contribution in [2.45, 2.75) is 68.6 Å². The quantitative estimate of drug-likeness (QED) is 0.552. The number of nitriles is 1. The van der Waals surface area contributed by atoms with E-state index in [1.807, 2.05) is 20.8 Å². The largest absolute Gasteiger partial charge is 0.391 e. The Morgan fingerprint density at radius 1 is 1.32 bits per heavy atom. The SMILES string of the molecule is CC1=NOC(C(C)(C)S(=O)C2(CN3CCc4c(C(=O)NCc5ccc(C#N)cc5)nn(C)c4C3=O)CC2)C1. The molecule has 38 heavy (non-hydrogen) atoms. The molecule has 1 fully saturated rings. The second kappa shape index (κ2) is 9.66. The lowest BCUT2D eigenvalue weighted by atomic mass is 10.0. The van der Waals surface area contributed by atoms with Crippen LogP contribution in [0.15, 0.2) is 29.4 Å². The van der Waals surface area contributed by atoms with Gasteiger partial charge in [-0.1, -0.05) is 17.3 Å². The molecule has 1 aromatic carbocycles. The number of hydrogen-bond donors (Lipinski definition) is 1. The summed E-state index contributed by atoms with van der Waals surface area (Å²) in [6.45, 7) is 6.96. The summed E-state index contributed by atoms with van der Waals surface area (Å²) >= 11 is 0. The summed E-state index contributed by atoms with van der Waals surface area (Å²) in [7, 11) is 0.436. The lowest BCUT2D eigenvalue weighted by Gasteiger charge is -2.36. The minimum Gasteiger partial charge on any atom is -0.391 e. The molecule has 11 heteroatoms. The predicted molar refractivity (Wildman–Crippen MR) is 142 cm³/mol. The van der Waals surface area contributed by atoms with E-state index >= 15 is 0 Å². The van der Waals surface area contributed by atoms with Gasteiger partial charge in [-0.2, -0.15) is 10.4 Å². The Kier molecular flexibility index (Phi) is 6.63. The molecule has 200 valence electrons. The van der Waals surface area contributed by atoms with Crippen molar-refractivity contribution in [3.63, 3.8) is 0 Å². The molecule has 0 bridgehead atoms. The number of nitrogens with one attached hydrogen (secondary N) is 1. The van der Waals surface area contributed by atoms with Crippen LogP contribution in [0, 0.1) is 11.3 Å². The van der Waals surface area contributed by atoms with E-state index in [9.17, 15) is 13.8 Å². The van der Waals surface area contributed by atoms with E-state index in [1.54, 1.807) is 36.2 Å². The summed E-state index contributed by atoms with van der Waals surface area (Å²) in [6.07, 6.45) is 2.50. The molecule has 0 saturated heterocycles. The van der Waals surface area contributed by atoms with Crippen molar-refractivity contribution >= 4 is 28.3 Å².